The lowest BCUT2D eigenvalue weighted by molar-refractivity contribution is 0.627. The van der Waals surface area contributed by atoms with Crippen LogP contribution < -0.4 is 0 Å². The van der Waals surface area contributed by atoms with Crippen molar-refractivity contribution in [3.05, 3.63) is 77.6 Å². The van der Waals surface area contributed by atoms with Crippen LogP contribution in [0.2, 0.25) is 5.02 Å². The zero-order valence-electron chi connectivity index (χ0n) is 13.7. The number of rotatable bonds is 6. The van der Waals surface area contributed by atoms with E-state index < -0.39 is 0 Å². The summed E-state index contributed by atoms with van der Waals surface area (Å²) in [5, 5.41) is 10.3. The predicted molar refractivity (Wildman–Crippen MR) is 101 cm³/mol. The maximum absolute atomic E-state index is 13.1. The normalized spacial score (nSPS) is 12.1. The second-order valence-corrected chi connectivity index (χ2v) is 7.27. The molecule has 1 atom stereocenters. The molecule has 0 saturated carbocycles. The van der Waals surface area contributed by atoms with Gasteiger partial charge < -0.3 is 0 Å². The van der Waals surface area contributed by atoms with Crippen molar-refractivity contribution in [3.63, 3.8) is 0 Å². The molecular weight excluding hydrogens is 357 g/mol. The van der Waals surface area contributed by atoms with Crippen LogP contribution in [0.1, 0.15) is 17.7 Å². The van der Waals surface area contributed by atoms with Crippen LogP contribution >= 0.6 is 23.4 Å². The van der Waals surface area contributed by atoms with Gasteiger partial charge in [0.25, 0.3) is 0 Å². The van der Waals surface area contributed by atoms with Gasteiger partial charge in [-0.1, -0.05) is 41.6 Å². The molecule has 6 heteroatoms. The average Bonchev–Trinajstić information content (AvgIpc) is 2.99. The number of benzene rings is 2. The largest absolute Gasteiger partial charge is 0.298 e. The van der Waals surface area contributed by atoms with Crippen molar-refractivity contribution in [2.45, 2.75) is 23.9 Å². The van der Waals surface area contributed by atoms with E-state index >= 15 is 0 Å². The smallest absolute Gasteiger partial charge is 0.192 e. The number of hydrogen-bond donors (Lipinski definition) is 0. The molecule has 0 radical (unpaired) electrons. The molecule has 0 aliphatic carbocycles. The van der Waals surface area contributed by atoms with E-state index in [9.17, 15) is 4.39 Å². The quantitative estimate of drug-likeness (QED) is 0.405. The van der Waals surface area contributed by atoms with Gasteiger partial charge in [-0.3, -0.25) is 4.57 Å². The van der Waals surface area contributed by atoms with Gasteiger partial charge in [-0.05, 0) is 48.9 Å². The van der Waals surface area contributed by atoms with E-state index in [4.69, 9.17) is 11.6 Å². The monoisotopic (exact) mass is 373 g/mol. The number of thioether (sulfide) groups is 1. The van der Waals surface area contributed by atoms with Crippen molar-refractivity contribution in [2.75, 3.05) is 0 Å². The number of aromatic nitrogens is 3. The molecular formula is C19H17ClFN3S. The summed E-state index contributed by atoms with van der Waals surface area (Å²) in [6.45, 7) is 6.49. The highest BCUT2D eigenvalue weighted by Crippen LogP contribution is 2.35. The molecule has 0 aliphatic rings. The Morgan fingerprint density at radius 2 is 1.84 bits per heavy atom. The standard InChI is InChI=1S/C19H17ClFN3S/c1-3-12-24-18(15-4-8-16(20)9-5-15)22-23-19(24)25-13(2)14-6-10-17(21)11-7-14/h3-11,13H,1,12H2,2H3. The summed E-state index contributed by atoms with van der Waals surface area (Å²) in [4.78, 5) is 0. The Balaban J connectivity index is 1.89. The number of allylic oxidation sites excluding steroid dienone is 1. The minimum Gasteiger partial charge on any atom is -0.298 e. The summed E-state index contributed by atoms with van der Waals surface area (Å²) >= 11 is 7.54. The van der Waals surface area contributed by atoms with Crippen molar-refractivity contribution in [2.24, 2.45) is 0 Å². The summed E-state index contributed by atoms with van der Waals surface area (Å²) in [5.41, 5.74) is 1.98. The molecule has 1 heterocycles. The first kappa shape index (κ1) is 17.7. The van der Waals surface area contributed by atoms with Crippen LogP contribution in [-0.2, 0) is 6.54 Å². The minimum atomic E-state index is -0.235. The molecule has 0 fully saturated rings. The Kier molecular flexibility index (Phi) is 5.56. The molecule has 1 aromatic heterocycles. The van der Waals surface area contributed by atoms with Gasteiger partial charge in [-0.25, -0.2) is 4.39 Å². The van der Waals surface area contributed by atoms with Crippen LogP contribution in [0.4, 0.5) is 4.39 Å². The number of nitrogens with zero attached hydrogens (tertiary/aromatic N) is 3. The molecule has 0 bridgehead atoms. The van der Waals surface area contributed by atoms with Crippen LogP contribution in [0, 0.1) is 5.82 Å². The third kappa shape index (κ3) is 4.11. The lowest BCUT2D eigenvalue weighted by Crippen LogP contribution is -2.01. The molecule has 0 spiro atoms. The SMILES string of the molecule is C=CCn1c(SC(C)c2ccc(F)cc2)nnc1-c1ccc(Cl)cc1. The maximum Gasteiger partial charge on any atom is 0.192 e. The van der Waals surface area contributed by atoms with E-state index in [1.54, 1.807) is 23.9 Å². The van der Waals surface area contributed by atoms with Crippen molar-refractivity contribution in [1.29, 1.82) is 0 Å². The predicted octanol–water partition coefficient (Wildman–Crippen LogP) is 5.78. The molecule has 0 amide bonds. The van der Waals surface area contributed by atoms with Crippen molar-refractivity contribution in [3.8, 4) is 11.4 Å². The van der Waals surface area contributed by atoms with Crippen molar-refractivity contribution >= 4 is 23.4 Å². The van der Waals surface area contributed by atoms with Gasteiger partial charge in [0, 0.05) is 22.4 Å². The summed E-state index contributed by atoms with van der Waals surface area (Å²) in [5.74, 6) is 0.533. The average molecular weight is 374 g/mol. The van der Waals surface area contributed by atoms with E-state index in [-0.39, 0.29) is 11.1 Å². The summed E-state index contributed by atoms with van der Waals surface area (Å²) < 4.78 is 15.1. The van der Waals surface area contributed by atoms with Gasteiger partial charge in [0.05, 0.1) is 0 Å². The Labute approximate surface area is 155 Å². The van der Waals surface area contributed by atoms with E-state index in [0.717, 1.165) is 22.1 Å². The van der Waals surface area contributed by atoms with Gasteiger partial charge in [0.2, 0.25) is 0 Å². The summed E-state index contributed by atoms with van der Waals surface area (Å²) in [6.07, 6.45) is 1.81. The Hall–Kier alpha value is -2.11. The highest BCUT2D eigenvalue weighted by atomic mass is 35.5. The van der Waals surface area contributed by atoms with Gasteiger partial charge in [-0.2, -0.15) is 0 Å². The lowest BCUT2D eigenvalue weighted by Gasteiger charge is -2.13. The first-order valence-corrected chi connectivity index (χ1v) is 9.06. The lowest BCUT2D eigenvalue weighted by atomic mass is 10.2. The Bertz CT molecular complexity index is 859. The van der Waals surface area contributed by atoms with Crippen LogP contribution in [0.25, 0.3) is 11.4 Å². The second-order valence-electron chi connectivity index (χ2n) is 5.52. The summed E-state index contributed by atoms with van der Waals surface area (Å²) in [7, 11) is 0. The first-order valence-electron chi connectivity index (χ1n) is 7.80. The zero-order valence-corrected chi connectivity index (χ0v) is 15.3. The third-order valence-electron chi connectivity index (χ3n) is 3.75. The minimum absolute atomic E-state index is 0.117. The molecule has 0 aliphatic heterocycles. The van der Waals surface area contributed by atoms with Gasteiger partial charge in [0.15, 0.2) is 11.0 Å². The van der Waals surface area contributed by atoms with Gasteiger partial charge in [0.1, 0.15) is 5.82 Å². The second kappa shape index (κ2) is 7.85. The molecule has 3 aromatic rings. The van der Waals surface area contributed by atoms with E-state index in [0.29, 0.717) is 11.6 Å². The molecule has 3 nitrogen and oxygen atoms in total. The van der Waals surface area contributed by atoms with E-state index in [1.807, 2.05) is 34.9 Å². The van der Waals surface area contributed by atoms with Crippen molar-refractivity contribution in [1.82, 2.24) is 14.8 Å². The van der Waals surface area contributed by atoms with Gasteiger partial charge >= 0.3 is 0 Å². The summed E-state index contributed by atoms with van der Waals surface area (Å²) in [6, 6.07) is 14.0. The highest BCUT2D eigenvalue weighted by Gasteiger charge is 2.17. The van der Waals surface area contributed by atoms with Crippen LogP contribution in [-0.4, -0.2) is 14.8 Å². The van der Waals surface area contributed by atoms with Crippen LogP contribution in [0.15, 0.2) is 66.3 Å². The fourth-order valence-corrected chi connectivity index (χ4v) is 3.55. The fourth-order valence-electron chi connectivity index (χ4n) is 2.44. The highest BCUT2D eigenvalue weighted by molar-refractivity contribution is 7.99. The molecule has 0 saturated heterocycles. The number of hydrogen-bond acceptors (Lipinski definition) is 3. The Morgan fingerprint density at radius 3 is 2.48 bits per heavy atom. The van der Waals surface area contributed by atoms with Crippen molar-refractivity contribution < 1.29 is 4.39 Å². The molecule has 1 unspecified atom stereocenters. The molecule has 25 heavy (non-hydrogen) atoms. The number of halogens is 2. The van der Waals surface area contributed by atoms with E-state index in [2.05, 4.69) is 23.7 Å². The molecule has 2 aromatic carbocycles. The topological polar surface area (TPSA) is 30.7 Å². The molecule has 3 rings (SSSR count). The van der Waals surface area contributed by atoms with E-state index in [1.165, 1.54) is 12.1 Å². The zero-order chi connectivity index (χ0) is 17.8. The van der Waals surface area contributed by atoms with Crippen LogP contribution in [0.3, 0.4) is 0 Å². The molecule has 128 valence electrons. The molecule has 0 N–H and O–H groups in total. The Morgan fingerprint density at radius 1 is 1.16 bits per heavy atom. The first-order chi connectivity index (χ1) is 12.1. The van der Waals surface area contributed by atoms with Gasteiger partial charge in [-0.15, -0.1) is 16.8 Å². The fraction of sp³-hybridized carbons (Fsp3) is 0.158. The third-order valence-corrected chi connectivity index (χ3v) is 5.14. The maximum atomic E-state index is 13.1. The van der Waals surface area contributed by atoms with Crippen LogP contribution in [0.5, 0.6) is 0 Å².